The molecule has 0 spiro atoms. The summed E-state index contributed by atoms with van der Waals surface area (Å²) in [5.74, 6) is 1.56. The van der Waals surface area contributed by atoms with Crippen molar-refractivity contribution in [1.82, 2.24) is 0 Å². The van der Waals surface area contributed by atoms with Crippen LogP contribution in [-0.4, -0.2) is 8.32 Å². The van der Waals surface area contributed by atoms with E-state index < -0.39 is 8.32 Å². The Bertz CT molecular complexity index is 695. The van der Waals surface area contributed by atoms with E-state index in [9.17, 15) is 0 Å². The van der Waals surface area contributed by atoms with Gasteiger partial charge in [0.25, 0.3) is 0 Å². The van der Waals surface area contributed by atoms with E-state index in [2.05, 4.69) is 82.4 Å². The molecule has 0 saturated heterocycles. The Morgan fingerprint density at radius 2 is 1.62 bits per heavy atom. The molecule has 0 bridgehead atoms. The summed E-state index contributed by atoms with van der Waals surface area (Å²) >= 11 is 0. The Kier molecular flexibility index (Phi) is 4.61. The molecule has 3 rings (SSSR count). The number of benzene rings is 2. The molecule has 2 heteroatoms. The third kappa shape index (κ3) is 3.44. The summed E-state index contributed by atoms with van der Waals surface area (Å²) in [5, 5.41) is 0.230. The fourth-order valence-corrected chi connectivity index (χ4v) is 4.35. The van der Waals surface area contributed by atoms with Gasteiger partial charge in [-0.2, -0.15) is 0 Å². The van der Waals surface area contributed by atoms with Gasteiger partial charge in [-0.25, -0.2) is 0 Å². The van der Waals surface area contributed by atoms with E-state index in [1.165, 1.54) is 36.0 Å². The number of hydrogen-bond acceptors (Lipinski definition) is 1. The van der Waals surface area contributed by atoms with Crippen LogP contribution < -0.4 is 4.43 Å². The molecule has 1 aliphatic carbocycles. The lowest BCUT2D eigenvalue weighted by atomic mass is 9.79. The first-order valence-corrected chi connectivity index (χ1v) is 12.1. The van der Waals surface area contributed by atoms with Crippen LogP contribution in [0.25, 0.3) is 0 Å². The average molecular weight is 339 g/mol. The molecule has 128 valence electrons. The molecule has 1 aliphatic rings. The monoisotopic (exact) mass is 338 g/mol. The van der Waals surface area contributed by atoms with Crippen molar-refractivity contribution in [2.45, 2.75) is 64.1 Å². The number of rotatable bonds is 3. The van der Waals surface area contributed by atoms with E-state index in [0.29, 0.717) is 5.92 Å². The Balaban J connectivity index is 1.81. The van der Waals surface area contributed by atoms with Gasteiger partial charge in [0.2, 0.25) is 8.32 Å². The quantitative estimate of drug-likeness (QED) is 0.577. The van der Waals surface area contributed by atoms with Gasteiger partial charge in [-0.1, -0.05) is 57.2 Å². The summed E-state index contributed by atoms with van der Waals surface area (Å²) in [7, 11) is -1.76. The maximum Gasteiger partial charge on any atom is 0.250 e. The van der Waals surface area contributed by atoms with Gasteiger partial charge in [0.15, 0.2) is 0 Å². The highest BCUT2D eigenvalue weighted by molar-refractivity contribution is 6.74. The third-order valence-corrected chi connectivity index (χ3v) is 10.2. The van der Waals surface area contributed by atoms with E-state index in [1.807, 2.05) is 0 Å². The van der Waals surface area contributed by atoms with Crippen molar-refractivity contribution < 1.29 is 4.43 Å². The largest absolute Gasteiger partial charge is 0.544 e. The zero-order chi connectivity index (χ0) is 17.4. The molecule has 1 nitrogen and oxygen atoms in total. The zero-order valence-corrected chi connectivity index (χ0v) is 16.7. The Labute approximate surface area is 148 Å². The highest BCUT2D eigenvalue weighted by Crippen LogP contribution is 2.39. The van der Waals surface area contributed by atoms with E-state index in [4.69, 9.17) is 4.43 Å². The molecule has 2 aromatic carbocycles. The van der Waals surface area contributed by atoms with Crippen LogP contribution in [0.1, 0.15) is 56.2 Å². The Morgan fingerprint density at radius 3 is 2.29 bits per heavy atom. The fourth-order valence-electron chi connectivity index (χ4n) is 3.32. The van der Waals surface area contributed by atoms with Crippen molar-refractivity contribution in [3.05, 3.63) is 65.2 Å². The second-order valence-electron chi connectivity index (χ2n) is 8.58. The first-order valence-electron chi connectivity index (χ1n) is 9.15. The van der Waals surface area contributed by atoms with Crippen LogP contribution in [-0.2, 0) is 6.42 Å². The molecule has 1 unspecified atom stereocenters. The molecule has 1 atom stereocenters. The van der Waals surface area contributed by atoms with Crippen LogP contribution >= 0.6 is 0 Å². The highest BCUT2D eigenvalue weighted by atomic mass is 28.4. The summed E-state index contributed by atoms with van der Waals surface area (Å²) in [4.78, 5) is 0. The number of aryl methyl sites for hydroxylation is 1. The van der Waals surface area contributed by atoms with Crippen molar-refractivity contribution in [1.29, 1.82) is 0 Å². The first-order chi connectivity index (χ1) is 11.3. The lowest BCUT2D eigenvalue weighted by Crippen LogP contribution is -2.43. The van der Waals surface area contributed by atoms with Crippen molar-refractivity contribution in [2.24, 2.45) is 0 Å². The minimum absolute atomic E-state index is 0.230. The summed E-state index contributed by atoms with van der Waals surface area (Å²) in [6.45, 7) is 11.5. The molecule has 0 fully saturated rings. The lowest BCUT2D eigenvalue weighted by molar-refractivity contribution is 0.491. The average Bonchev–Trinajstić information content (AvgIpc) is 2.54. The van der Waals surface area contributed by atoms with Crippen LogP contribution in [0.5, 0.6) is 5.75 Å². The van der Waals surface area contributed by atoms with E-state index >= 15 is 0 Å². The molecule has 0 heterocycles. The number of hydrogen-bond donors (Lipinski definition) is 0. The highest BCUT2D eigenvalue weighted by Gasteiger charge is 2.38. The summed E-state index contributed by atoms with van der Waals surface area (Å²) in [5.41, 5.74) is 4.46. The smallest absolute Gasteiger partial charge is 0.250 e. The van der Waals surface area contributed by atoms with Gasteiger partial charge < -0.3 is 4.43 Å². The first kappa shape index (κ1) is 17.3. The predicted octanol–water partition coefficient (Wildman–Crippen LogP) is 6.54. The molecule has 0 saturated carbocycles. The minimum Gasteiger partial charge on any atom is -0.544 e. The molecular formula is C22H30OSi. The van der Waals surface area contributed by atoms with E-state index in [0.717, 1.165) is 5.75 Å². The maximum atomic E-state index is 6.42. The van der Waals surface area contributed by atoms with Crippen LogP contribution in [0.2, 0.25) is 18.1 Å². The van der Waals surface area contributed by atoms with Gasteiger partial charge >= 0.3 is 0 Å². The molecule has 0 aliphatic heterocycles. The fraction of sp³-hybridized carbons (Fsp3) is 0.455. The topological polar surface area (TPSA) is 9.23 Å². The maximum absolute atomic E-state index is 6.42. The van der Waals surface area contributed by atoms with Gasteiger partial charge in [-0.05, 0) is 66.2 Å². The molecule has 0 radical (unpaired) electrons. The molecular weight excluding hydrogens is 308 g/mol. The molecule has 0 amide bonds. The van der Waals surface area contributed by atoms with Gasteiger partial charge in [0.1, 0.15) is 5.75 Å². The summed E-state index contributed by atoms with van der Waals surface area (Å²) in [6, 6.07) is 17.8. The summed E-state index contributed by atoms with van der Waals surface area (Å²) in [6.07, 6.45) is 3.75. The third-order valence-electron chi connectivity index (χ3n) is 5.83. The second-order valence-corrected chi connectivity index (χ2v) is 13.3. The molecule has 24 heavy (non-hydrogen) atoms. The van der Waals surface area contributed by atoms with Crippen LogP contribution in [0, 0.1) is 0 Å². The Hall–Kier alpha value is -1.54. The van der Waals surface area contributed by atoms with E-state index in [-0.39, 0.29) is 5.04 Å². The van der Waals surface area contributed by atoms with Gasteiger partial charge in [-0.15, -0.1) is 0 Å². The normalized spacial score (nSPS) is 18.1. The van der Waals surface area contributed by atoms with Crippen LogP contribution in [0.3, 0.4) is 0 Å². The van der Waals surface area contributed by atoms with Crippen molar-refractivity contribution in [3.63, 3.8) is 0 Å². The summed E-state index contributed by atoms with van der Waals surface area (Å²) < 4.78 is 6.42. The van der Waals surface area contributed by atoms with Gasteiger partial charge in [0.05, 0.1) is 0 Å². The van der Waals surface area contributed by atoms with Crippen molar-refractivity contribution >= 4 is 8.32 Å². The van der Waals surface area contributed by atoms with Gasteiger partial charge in [-0.3, -0.25) is 0 Å². The predicted molar refractivity (Wildman–Crippen MR) is 105 cm³/mol. The van der Waals surface area contributed by atoms with Crippen molar-refractivity contribution in [3.8, 4) is 5.75 Å². The molecule has 0 aromatic heterocycles. The van der Waals surface area contributed by atoms with Crippen LogP contribution in [0.15, 0.2) is 48.5 Å². The standard InChI is InChI=1S/C22H30OSi/c1-22(2,3)24(4,5)23-19-15-13-18(14-16-19)21-12-8-10-17-9-6-7-11-20(17)21/h6-7,9,11,13-16,21H,8,10,12H2,1-5H3. The van der Waals surface area contributed by atoms with Gasteiger partial charge in [0, 0.05) is 5.92 Å². The second kappa shape index (κ2) is 6.40. The minimum atomic E-state index is -1.76. The lowest BCUT2D eigenvalue weighted by Gasteiger charge is -2.36. The van der Waals surface area contributed by atoms with Crippen molar-refractivity contribution in [2.75, 3.05) is 0 Å². The Morgan fingerprint density at radius 1 is 0.958 bits per heavy atom. The SMILES string of the molecule is CC(C)(C)[Si](C)(C)Oc1ccc(C2CCCc3ccccc32)cc1. The molecule has 2 aromatic rings. The van der Waals surface area contributed by atoms with Crippen LogP contribution in [0.4, 0.5) is 0 Å². The molecule has 0 N–H and O–H groups in total. The van der Waals surface area contributed by atoms with E-state index in [1.54, 1.807) is 0 Å². The zero-order valence-electron chi connectivity index (χ0n) is 15.7. The number of fused-ring (bicyclic) bond motifs is 1.